The van der Waals surface area contributed by atoms with Gasteiger partial charge in [-0.25, -0.2) is 4.98 Å². The number of thioether (sulfide) groups is 1. The molecule has 118 valence electrons. The molecule has 3 rings (SSSR count). The van der Waals surface area contributed by atoms with E-state index in [4.69, 9.17) is 0 Å². The van der Waals surface area contributed by atoms with Crippen molar-refractivity contribution in [2.45, 2.75) is 31.8 Å². The fraction of sp³-hybridized carbons (Fsp3) is 0.263. The maximum atomic E-state index is 12.2. The predicted molar refractivity (Wildman–Crippen MR) is 98.0 cm³/mol. The van der Waals surface area contributed by atoms with Crippen LogP contribution >= 0.6 is 11.8 Å². The summed E-state index contributed by atoms with van der Waals surface area (Å²) in [6, 6.07) is 14.0. The zero-order valence-corrected chi connectivity index (χ0v) is 14.4. The van der Waals surface area contributed by atoms with Crippen LogP contribution in [0.25, 0.3) is 10.9 Å². The quantitative estimate of drug-likeness (QED) is 0.766. The van der Waals surface area contributed by atoms with E-state index in [1.165, 1.54) is 16.7 Å². The van der Waals surface area contributed by atoms with E-state index < -0.39 is 0 Å². The first kappa shape index (κ1) is 15.8. The minimum atomic E-state index is -0.0650. The van der Waals surface area contributed by atoms with Gasteiger partial charge >= 0.3 is 0 Å². The smallest absolute Gasteiger partial charge is 0.258 e. The normalized spacial score (nSPS) is 12.5. The first-order valence-corrected chi connectivity index (χ1v) is 8.76. The van der Waals surface area contributed by atoms with E-state index in [9.17, 15) is 4.79 Å². The molecule has 1 N–H and O–H groups in total. The molecular formula is C19H20N2OS. The van der Waals surface area contributed by atoms with E-state index in [0.717, 1.165) is 17.1 Å². The number of rotatable bonds is 4. The van der Waals surface area contributed by atoms with Gasteiger partial charge in [0.25, 0.3) is 5.56 Å². The van der Waals surface area contributed by atoms with Crippen LogP contribution in [0.3, 0.4) is 0 Å². The zero-order chi connectivity index (χ0) is 16.4. The van der Waals surface area contributed by atoms with Gasteiger partial charge < -0.3 is 4.98 Å². The number of H-pyrrole nitrogens is 1. The number of aromatic amines is 1. The van der Waals surface area contributed by atoms with Gasteiger partial charge in [-0.2, -0.15) is 0 Å². The fourth-order valence-corrected chi connectivity index (χ4v) is 3.56. The third kappa shape index (κ3) is 3.48. The molecule has 3 aromatic rings. The number of nitrogens with one attached hydrogen (secondary N) is 1. The summed E-state index contributed by atoms with van der Waals surface area (Å²) in [6.45, 7) is 6.33. The molecule has 0 fully saturated rings. The first-order valence-electron chi connectivity index (χ1n) is 7.71. The molecule has 0 bridgehead atoms. The SMILES string of the molecule is Cc1ccc(C)c(CSC(C)c2nc3ccccc3c(=O)[nH]2)c1. The summed E-state index contributed by atoms with van der Waals surface area (Å²) >= 11 is 1.79. The number of para-hydroxylation sites is 1. The average Bonchev–Trinajstić information content (AvgIpc) is 2.55. The van der Waals surface area contributed by atoms with E-state index in [-0.39, 0.29) is 10.8 Å². The van der Waals surface area contributed by atoms with Crippen LogP contribution in [0.15, 0.2) is 47.3 Å². The molecule has 0 amide bonds. The molecule has 0 aliphatic carbocycles. The number of fused-ring (bicyclic) bond motifs is 1. The molecule has 0 saturated heterocycles. The molecule has 0 spiro atoms. The molecule has 2 aromatic carbocycles. The lowest BCUT2D eigenvalue weighted by atomic mass is 10.1. The molecule has 0 radical (unpaired) electrons. The van der Waals surface area contributed by atoms with E-state index >= 15 is 0 Å². The van der Waals surface area contributed by atoms with Gasteiger partial charge in [-0.15, -0.1) is 11.8 Å². The zero-order valence-electron chi connectivity index (χ0n) is 13.6. The summed E-state index contributed by atoms with van der Waals surface area (Å²) in [6.07, 6.45) is 0. The summed E-state index contributed by atoms with van der Waals surface area (Å²) < 4.78 is 0. The van der Waals surface area contributed by atoms with Gasteiger partial charge in [0.1, 0.15) is 5.82 Å². The van der Waals surface area contributed by atoms with Gasteiger partial charge in [-0.1, -0.05) is 35.9 Å². The van der Waals surface area contributed by atoms with Crippen LogP contribution in [0.1, 0.15) is 34.7 Å². The molecule has 3 nitrogen and oxygen atoms in total. The van der Waals surface area contributed by atoms with Crippen molar-refractivity contribution in [1.82, 2.24) is 9.97 Å². The van der Waals surface area contributed by atoms with Crippen LogP contribution in [-0.4, -0.2) is 9.97 Å². The van der Waals surface area contributed by atoms with Gasteiger partial charge in [-0.3, -0.25) is 4.79 Å². The second-order valence-electron chi connectivity index (χ2n) is 5.85. The summed E-state index contributed by atoms with van der Waals surface area (Å²) in [7, 11) is 0. The van der Waals surface area contributed by atoms with Crippen molar-refractivity contribution in [1.29, 1.82) is 0 Å². The second kappa shape index (κ2) is 6.59. The molecule has 0 aliphatic heterocycles. The molecular weight excluding hydrogens is 304 g/mol. The summed E-state index contributed by atoms with van der Waals surface area (Å²) in [5.41, 5.74) is 4.60. The highest BCUT2D eigenvalue weighted by Crippen LogP contribution is 2.30. The topological polar surface area (TPSA) is 45.8 Å². The van der Waals surface area contributed by atoms with Crippen molar-refractivity contribution < 1.29 is 0 Å². The van der Waals surface area contributed by atoms with Gasteiger partial charge in [0.15, 0.2) is 0 Å². The van der Waals surface area contributed by atoms with Crippen molar-refractivity contribution in [3.05, 3.63) is 75.3 Å². The standard InChI is InChI=1S/C19H20N2OS/c1-12-8-9-13(2)15(10-12)11-23-14(3)18-20-17-7-5-4-6-16(17)19(22)21-18/h4-10,14H,11H2,1-3H3,(H,20,21,22). The average molecular weight is 324 g/mol. The van der Waals surface area contributed by atoms with Crippen molar-refractivity contribution in [2.75, 3.05) is 0 Å². The first-order chi connectivity index (χ1) is 11.0. The molecule has 0 aliphatic rings. The predicted octanol–water partition coefficient (Wildman–Crippen LogP) is 4.53. The van der Waals surface area contributed by atoms with E-state index in [0.29, 0.717) is 5.39 Å². The fourth-order valence-electron chi connectivity index (χ4n) is 2.55. The van der Waals surface area contributed by atoms with Gasteiger partial charge in [-0.05, 0) is 44.0 Å². The Kier molecular flexibility index (Phi) is 4.53. The number of benzene rings is 2. The third-order valence-corrected chi connectivity index (χ3v) is 5.21. The summed E-state index contributed by atoms with van der Waals surface area (Å²) in [5.74, 6) is 1.65. The highest BCUT2D eigenvalue weighted by Gasteiger charge is 2.12. The van der Waals surface area contributed by atoms with Crippen molar-refractivity contribution in [3.8, 4) is 0 Å². The van der Waals surface area contributed by atoms with Crippen molar-refractivity contribution in [3.63, 3.8) is 0 Å². The van der Waals surface area contributed by atoms with E-state index in [2.05, 4.69) is 48.9 Å². The van der Waals surface area contributed by atoms with Gasteiger partial charge in [0.05, 0.1) is 16.2 Å². The van der Waals surface area contributed by atoms with Crippen molar-refractivity contribution >= 4 is 22.7 Å². The number of aromatic nitrogens is 2. The van der Waals surface area contributed by atoms with E-state index in [1.807, 2.05) is 18.2 Å². The maximum absolute atomic E-state index is 12.2. The molecule has 23 heavy (non-hydrogen) atoms. The Morgan fingerprint density at radius 3 is 2.78 bits per heavy atom. The van der Waals surface area contributed by atoms with Crippen LogP contribution in [0.4, 0.5) is 0 Å². The Bertz CT molecular complexity index is 901. The van der Waals surface area contributed by atoms with Crippen LogP contribution in [0.5, 0.6) is 0 Å². The van der Waals surface area contributed by atoms with Gasteiger partial charge in [0, 0.05) is 5.75 Å². The molecule has 1 aromatic heterocycles. The molecule has 1 atom stereocenters. The third-order valence-electron chi connectivity index (χ3n) is 4.01. The molecule has 4 heteroatoms. The molecule has 0 saturated carbocycles. The Labute approximate surface area is 140 Å². The van der Waals surface area contributed by atoms with Crippen LogP contribution in [0.2, 0.25) is 0 Å². The maximum Gasteiger partial charge on any atom is 0.258 e. The lowest BCUT2D eigenvalue weighted by molar-refractivity contribution is 0.922. The largest absolute Gasteiger partial charge is 0.309 e. The number of hydrogen-bond donors (Lipinski definition) is 1. The minimum absolute atomic E-state index is 0.0650. The van der Waals surface area contributed by atoms with Crippen LogP contribution < -0.4 is 5.56 Å². The monoisotopic (exact) mass is 324 g/mol. The van der Waals surface area contributed by atoms with E-state index in [1.54, 1.807) is 17.8 Å². The lowest BCUT2D eigenvalue weighted by Gasteiger charge is -2.13. The number of aryl methyl sites for hydroxylation is 2. The molecule has 1 unspecified atom stereocenters. The highest BCUT2D eigenvalue weighted by atomic mass is 32.2. The van der Waals surface area contributed by atoms with Gasteiger partial charge in [0.2, 0.25) is 0 Å². The summed E-state index contributed by atoms with van der Waals surface area (Å²) in [5, 5.41) is 0.773. The number of nitrogens with zero attached hydrogens (tertiary/aromatic N) is 1. The van der Waals surface area contributed by atoms with Crippen LogP contribution in [-0.2, 0) is 5.75 Å². The Morgan fingerprint density at radius 1 is 1.17 bits per heavy atom. The Morgan fingerprint density at radius 2 is 1.96 bits per heavy atom. The lowest BCUT2D eigenvalue weighted by Crippen LogP contribution is -2.12. The molecule has 1 heterocycles. The summed E-state index contributed by atoms with van der Waals surface area (Å²) in [4.78, 5) is 19.7. The Hall–Kier alpha value is -2.07. The highest BCUT2D eigenvalue weighted by molar-refractivity contribution is 7.98. The van der Waals surface area contributed by atoms with Crippen molar-refractivity contribution in [2.24, 2.45) is 0 Å². The minimum Gasteiger partial charge on any atom is -0.309 e. The number of hydrogen-bond acceptors (Lipinski definition) is 3. The van der Waals surface area contributed by atoms with Crippen LogP contribution in [0, 0.1) is 13.8 Å². The second-order valence-corrected chi connectivity index (χ2v) is 7.18. The Balaban J connectivity index is 1.82.